The largest absolute Gasteiger partial charge is 0.328 e. The minimum Gasteiger partial charge on any atom is -0.328 e. The zero-order valence-electron chi connectivity index (χ0n) is 6.68. The summed E-state index contributed by atoms with van der Waals surface area (Å²) in [6.07, 6.45) is 5.83. The summed E-state index contributed by atoms with van der Waals surface area (Å²) < 4.78 is 0. The Morgan fingerprint density at radius 1 is 1.50 bits per heavy atom. The van der Waals surface area contributed by atoms with E-state index in [0.29, 0.717) is 6.42 Å². The highest BCUT2D eigenvalue weighted by Gasteiger charge is 1.99. The number of nitrogens with two attached hydrogens (primary N) is 1. The molecule has 0 heterocycles. The Balaban J connectivity index is 3.07. The van der Waals surface area contributed by atoms with Gasteiger partial charge in [0, 0.05) is 12.5 Å². The lowest BCUT2D eigenvalue weighted by atomic mass is 10.1. The van der Waals surface area contributed by atoms with E-state index >= 15 is 0 Å². The predicted octanol–water partition coefficient (Wildman–Crippen LogP) is 1.48. The maximum atomic E-state index is 9.93. The van der Waals surface area contributed by atoms with Gasteiger partial charge in [-0.05, 0) is 12.8 Å². The Morgan fingerprint density at radius 2 is 2.20 bits per heavy atom. The molecule has 0 aromatic rings. The average molecular weight is 143 g/mol. The fraction of sp³-hybridized carbons (Fsp3) is 0.875. The highest BCUT2D eigenvalue weighted by atomic mass is 16.1. The van der Waals surface area contributed by atoms with Crippen molar-refractivity contribution in [1.29, 1.82) is 0 Å². The molecule has 0 bridgehead atoms. The van der Waals surface area contributed by atoms with Crippen molar-refractivity contribution in [1.82, 2.24) is 0 Å². The zero-order valence-corrected chi connectivity index (χ0v) is 6.68. The average Bonchev–Trinajstić information content (AvgIpc) is 1.97. The first-order valence-corrected chi connectivity index (χ1v) is 4.00. The van der Waals surface area contributed by atoms with Gasteiger partial charge in [-0.25, -0.2) is 0 Å². The van der Waals surface area contributed by atoms with Crippen LogP contribution in [0.25, 0.3) is 0 Å². The Kier molecular flexibility index (Phi) is 6.50. The van der Waals surface area contributed by atoms with Crippen LogP contribution in [-0.2, 0) is 4.79 Å². The summed E-state index contributed by atoms with van der Waals surface area (Å²) in [4.78, 5) is 9.93. The standard InChI is InChI=1S/C8H17NO/c1-2-3-5-8(9)6-4-7-10/h7-8H,2-6,9H2,1H3. The fourth-order valence-electron chi connectivity index (χ4n) is 0.893. The molecule has 0 saturated carbocycles. The van der Waals surface area contributed by atoms with Crippen molar-refractivity contribution in [2.24, 2.45) is 5.73 Å². The van der Waals surface area contributed by atoms with E-state index in [0.717, 1.165) is 19.1 Å². The van der Waals surface area contributed by atoms with Crippen LogP contribution in [0.5, 0.6) is 0 Å². The molecule has 1 unspecified atom stereocenters. The van der Waals surface area contributed by atoms with E-state index in [2.05, 4.69) is 6.92 Å². The smallest absolute Gasteiger partial charge is 0.120 e. The molecular formula is C8H17NO. The van der Waals surface area contributed by atoms with Crippen LogP contribution in [0, 0.1) is 0 Å². The maximum Gasteiger partial charge on any atom is 0.120 e. The van der Waals surface area contributed by atoms with E-state index in [4.69, 9.17) is 5.73 Å². The lowest BCUT2D eigenvalue weighted by Crippen LogP contribution is -2.19. The molecule has 0 aromatic carbocycles. The van der Waals surface area contributed by atoms with Gasteiger partial charge in [-0.3, -0.25) is 0 Å². The highest BCUT2D eigenvalue weighted by Crippen LogP contribution is 2.02. The van der Waals surface area contributed by atoms with Gasteiger partial charge in [0.05, 0.1) is 0 Å². The molecule has 0 aliphatic carbocycles. The number of hydrogen-bond acceptors (Lipinski definition) is 2. The van der Waals surface area contributed by atoms with Crippen molar-refractivity contribution in [2.75, 3.05) is 0 Å². The molecule has 0 fully saturated rings. The minimum absolute atomic E-state index is 0.241. The second-order valence-corrected chi connectivity index (χ2v) is 2.65. The van der Waals surface area contributed by atoms with Crippen LogP contribution in [0.15, 0.2) is 0 Å². The van der Waals surface area contributed by atoms with Gasteiger partial charge in [0.25, 0.3) is 0 Å². The van der Waals surface area contributed by atoms with Crippen LogP contribution in [0.4, 0.5) is 0 Å². The second-order valence-electron chi connectivity index (χ2n) is 2.65. The molecular weight excluding hydrogens is 126 g/mol. The van der Waals surface area contributed by atoms with Crippen molar-refractivity contribution in [3.05, 3.63) is 0 Å². The first-order chi connectivity index (χ1) is 4.81. The van der Waals surface area contributed by atoms with Crippen LogP contribution in [0.2, 0.25) is 0 Å². The summed E-state index contributed by atoms with van der Waals surface area (Å²) >= 11 is 0. The third-order valence-corrected chi connectivity index (χ3v) is 1.58. The normalized spacial score (nSPS) is 13.0. The third-order valence-electron chi connectivity index (χ3n) is 1.58. The monoisotopic (exact) mass is 143 g/mol. The van der Waals surface area contributed by atoms with Crippen LogP contribution < -0.4 is 5.73 Å². The predicted molar refractivity (Wildman–Crippen MR) is 42.8 cm³/mol. The molecule has 0 aromatic heterocycles. The van der Waals surface area contributed by atoms with E-state index in [-0.39, 0.29) is 6.04 Å². The molecule has 0 radical (unpaired) electrons. The molecule has 0 aliphatic heterocycles. The summed E-state index contributed by atoms with van der Waals surface area (Å²) in [6, 6.07) is 0.241. The van der Waals surface area contributed by atoms with Crippen LogP contribution >= 0.6 is 0 Å². The lowest BCUT2D eigenvalue weighted by Gasteiger charge is -2.07. The molecule has 0 amide bonds. The molecule has 0 spiro atoms. The summed E-state index contributed by atoms with van der Waals surface area (Å²) in [5, 5.41) is 0. The number of unbranched alkanes of at least 4 members (excludes halogenated alkanes) is 1. The number of aldehydes is 1. The maximum absolute atomic E-state index is 9.93. The van der Waals surface area contributed by atoms with Crippen LogP contribution in [0.3, 0.4) is 0 Å². The number of hydrogen-bond donors (Lipinski definition) is 1. The van der Waals surface area contributed by atoms with Crippen molar-refractivity contribution < 1.29 is 4.79 Å². The number of carbonyl (C=O) groups excluding carboxylic acids is 1. The SMILES string of the molecule is CCCCC(N)CCC=O. The van der Waals surface area contributed by atoms with Gasteiger partial charge < -0.3 is 10.5 Å². The molecule has 0 aliphatic rings. The van der Waals surface area contributed by atoms with E-state index in [9.17, 15) is 4.79 Å². The van der Waals surface area contributed by atoms with Crippen LogP contribution in [0.1, 0.15) is 39.0 Å². The van der Waals surface area contributed by atoms with Gasteiger partial charge in [-0.1, -0.05) is 19.8 Å². The van der Waals surface area contributed by atoms with Gasteiger partial charge >= 0.3 is 0 Å². The number of rotatable bonds is 6. The molecule has 1 atom stereocenters. The molecule has 10 heavy (non-hydrogen) atoms. The molecule has 2 N–H and O–H groups in total. The topological polar surface area (TPSA) is 43.1 Å². The van der Waals surface area contributed by atoms with Crippen LogP contribution in [-0.4, -0.2) is 12.3 Å². The summed E-state index contributed by atoms with van der Waals surface area (Å²) in [7, 11) is 0. The Bertz CT molecular complexity index is 83.3. The minimum atomic E-state index is 0.241. The summed E-state index contributed by atoms with van der Waals surface area (Å²) in [5.74, 6) is 0. The van der Waals surface area contributed by atoms with Gasteiger partial charge in [0.1, 0.15) is 6.29 Å². The molecule has 2 heteroatoms. The second kappa shape index (κ2) is 6.75. The fourth-order valence-corrected chi connectivity index (χ4v) is 0.893. The quantitative estimate of drug-likeness (QED) is 0.572. The first kappa shape index (κ1) is 9.63. The van der Waals surface area contributed by atoms with Gasteiger partial charge in [-0.2, -0.15) is 0 Å². The number of carbonyl (C=O) groups is 1. The van der Waals surface area contributed by atoms with Crippen molar-refractivity contribution in [2.45, 2.75) is 45.1 Å². The van der Waals surface area contributed by atoms with E-state index < -0.39 is 0 Å². The summed E-state index contributed by atoms with van der Waals surface area (Å²) in [6.45, 7) is 2.15. The van der Waals surface area contributed by atoms with Crippen molar-refractivity contribution >= 4 is 6.29 Å². The van der Waals surface area contributed by atoms with Gasteiger partial charge in [0.2, 0.25) is 0 Å². The van der Waals surface area contributed by atoms with Gasteiger partial charge in [0.15, 0.2) is 0 Å². The zero-order chi connectivity index (χ0) is 7.82. The van der Waals surface area contributed by atoms with Crippen molar-refractivity contribution in [3.63, 3.8) is 0 Å². The van der Waals surface area contributed by atoms with E-state index in [1.807, 2.05) is 0 Å². The van der Waals surface area contributed by atoms with E-state index in [1.165, 1.54) is 12.8 Å². The molecule has 0 saturated heterocycles. The molecule has 0 rings (SSSR count). The van der Waals surface area contributed by atoms with Gasteiger partial charge in [-0.15, -0.1) is 0 Å². The first-order valence-electron chi connectivity index (χ1n) is 4.00. The lowest BCUT2D eigenvalue weighted by molar-refractivity contribution is -0.108. The summed E-state index contributed by atoms with van der Waals surface area (Å²) in [5.41, 5.74) is 5.69. The van der Waals surface area contributed by atoms with E-state index in [1.54, 1.807) is 0 Å². The highest BCUT2D eigenvalue weighted by molar-refractivity contribution is 5.49. The van der Waals surface area contributed by atoms with Crippen molar-refractivity contribution in [3.8, 4) is 0 Å². The molecule has 60 valence electrons. The Labute approximate surface area is 62.8 Å². The molecule has 2 nitrogen and oxygen atoms in total. The Hall–Kier alpha value is -0.370. The Morgan fingerprint density at radius 3 is 2.70 bits per heavy atom. The third kappa shape index (κ3) is 5.76.